The van der Waals surface area contributed by atoms with Crippen molar-refractivity contribution >= 4 is 21.8 Å². The van der Waals surface area contributed by atoms with Gasteiger partial charge in [-0.05, 0) is 98.1 Å². The van der Waals surface area contributed by atoms with E-state index in [1.165, 1.54) is 77.6 Å². The second kappa shape index (κ2) is 10.2. The predicted molar refractivity (Wildman–Crippen MR) is 192 cm³/mol. The van der Waals surface area contributed by atoms with Gasteiger partial charge in [0.15, 0.2) is 0 Å². The fraction of sp³-hybridized carbons (Fsp3) is 0.0682. The molecule has 0 N–H and O–H groups in total. The fourth-order valence-electron chi connectivity index (χ4n) is 7.51. The Bertz CT molecular complexity index is 2380. The molecule has 2 heteroatoms. The van der Waals surface area contributed by atoms with E-state index in [1.54, 1.807) is 0 Å². The minimum Gasteiger partial charge on any atom is -0.309 e. The number of hydrogen-bond acceptors (Lipinski definition) is 1. The van der Waals surface area contributed by atoms with E-state index in [9.17, 15) is 0 Å². The summed E-state index contributed by atoms with van der Waals surface area (Å²) in [5, 5.41) is 2.56. The number of benzene rings is 6. The van der Waals surface area contributed by atoms with Crippen molar-refractivity contribution in [1.82, 2.24) is 9.55 Å². The molecule has 6 aromatic carbocycles. The first-order chi connectivity index (χ1) is 22.6. The van der Waals surface area contributed by atoms with Crippen LogP contribution in [0.1, 0.15) is 25.0 Å². The molecule has 0 saturated heterocycles. The van der Waals surface area contributed by atoms with Crippen molar-refractivity contribution in [3.8, 4) is 50.2 Å². The number of fused-ring (bicyclic) bond motifs is 6. The summed E-state index contributed by atoms with van der Waals surface area (Å²) in [6, 6.07) is 53.3. The number of aromatic nitrogens is 2. The third-order valence-corrected chi connectivity index (χ3v) is 9.91. The Kier molecular flexibility index (Phi) is 5.88. The van der Waals surface area contributed by atoms with Crippen LogP contribution in [0.3, 0.4) is 0 Å². The average Bonchev–Trinajstić information content (AvgIpc) is 3.57. The second-order valence-corrected chi connectivity index (χ2v) is 12.9. The highest BCUT2D eigenvalue weighted by Crippen LogP contribution is 2.50. The Labute approximate surface area is 269 Å². The zero-order valence-corrected chi connectivity index (χ0v) is 25.9. The van der Waals surface area contributed by atoms with Gasteiger partial charge in [0.25, 0.3) is 0 Å². The van der Waals surface area contributed by atoms with E-state index in [4.69, 9.17) is 0 Å². The summed E-state index contributed by atoms with van der Waals surface area (Å²) >= 11 is 0. The Hall–Kier alpha value is -5.73. The van der Waals surface area contributed by atoms with Crippen LogP contribution in [0.4, 0.5) is 0 Å². The summed E-state index contributed by atoms with van der Waals surface area (Å²) in [5.41, 5.74) is 16.2. The minimum absolute atomic E-state index is 0.114. The standard InChI is InChI=1S/C44H32N2/c1-44(2)40-26-32(29-16-18-30(19-17-29)34-10-8-24-45-28-34)20-22-36(40)37-23-21-33(27-41(37)44)31-9-7-11-35(25-31)46-42-14-5-3-12-38(42)39-13-4-6-15-43(39)46/h3-28H,1-2H3. The molecule has 0 bridgehead atoms. The molecule has 2 aromatic heterocycles. The Morgan fingerprint density at radius 3 is 1.59 bits per heavy atom. The zero-order valence-electron chi connectivity index (χ0n) is 25.9. The van der Waals surface area contributed by atoms with Gasteiger partial charge in [-0.25, -0.2) is 0 Å². The zero-order chi connectivity index (χ0) is 30.8. The van der Waals surface area contributed by atoms with Crippen LogP contribution in [0.25, 0.3) is 72.0 Å². The van der Waals surface area contributed by atoms with Crippen LogP contribution >= 0.6 is 0 Å². The molecular formula is C44H32N2. The first kappa shape index (κ1) is 26.7. The Balaban J connectivity index is 1.09. The SMILES string of the molecule is CC1(C)c2cc(-c3ccc(-c4cccnc4)cc3)ccc2-c2ccc(-c3cccc(-n4c5ccccc5c5ccccc54)c3)cc21. The number of hydrogen-bond donors (Lipinski definition) is 0. The molecule has 0 amide bonds. The van der Waals surface area contributed by atoms with Gasteiger partial charge in [0.2, 0.25) is 0 Å². The molecule has 0 atom stereocenters. The van der Waals surface area contributed by atoms with E-state index in [2.05, 4.69) is 163 Å². The highest BCUT2D eigenvalue weighted by atomic mass is 15.0. The van der Waals surface area contributed by atoms with Crippen LogP contribution in [0, 0.1) is 0 Å². The third kappa shape index (κ3) is 4.07. The van der Waals surface area contributed by atoms with E-state index in [1.807, 2.05) is 18.5 Å². The van der Waals surface area contributed by atoms with Crippen molar-refractivity contribution < 1.29 is 0 Å². The molecular weight excluding hydrogens is 556 g/mol. The van der Waals surface area contributed by atoms with Crippen LogP contribution < -0.4 is 0 Å². The van der Waals surface area contributed by atoms with E-state index in [0.717, 1.165) is 5.56 Å². The third-order valence-electron chi connectivity index (χ3n) is 9.91. The maximum absolute atomic E-state index is 4.28. The summed E-state index contributed by atoms with van der Waals surface area (Å²) in [6.07, 6.45) is 3.73. The van der Waals surface area contributed by atoms with Gasteiger partial charge in [0.1, 0.15) is 0 Å². The summed E-state index contributed by atoms with van der Waals surface area (Å²) in [6.45, 7) is 4.73. The molecule has 1 aliphatic carbocycles. The van der Waals surface area contributed by atoms with Crippen molar-refractivity contribution in [2.75, 3.05) is 0 Å². The van der Waals surface area contributed by atoms with Crippen molar-refractivity contribution in [3.05, 3.63) is 169 Å². The van der Waals surface area contributed by atoms with Gasteiger partial charge in [-0.15, -0.1) is 0 Å². The van der Waals surface area contributed by atoms with Gasteiger partial charge in [-0.1, -0.05) is 117 Å². The van der Waals surface area contributed by atoms with Gasteiger partial charge < -0.3 is 4.57 Å². The van der Waals surface area contributed by atoms with Gasteiger partial charge >= 0.3 is 0 Å². The van der Waals surface area contributed by atoms with Crippen molar-refractivity contribution in [2.45, 2.75) is 19.3 Å². The maximum Gasteiger partial charge on any atom is 0.0541 e. The van der Waals surface area contributed by atoms with Crippen LogP contribution in [-0.4, -0.2) is 9.55 Å². The lowest BCUT2D eigenvalue weighted by molar-refractivity contribution is 0.661. The van der Waals surface area contributed by atoms with Gasteiger partial charge in [0.05, 0.1) is 11.0 Å². The summed E-state index contributed by atoms with van der Waals surface area (Å²) in [5.74, 6) is 0. The van der Waals surface area contributed by atoms with Crippen molar-refractivity contribution in [3.63, 3.8) is 0 Å². The summed E-state index contributed by atoms with van der Waals surface area (Å²) < 4.78 is 2.39. The molecule has 0 radical (unpaired) electrons. The van der Waals surface area contributed by atoms with Crippen LogP contribution in [0.5, 0.6) is 0 Å². The van der Waals surface area contributed by atoms with E-state index in [0.29, 0.717) is 0 Å². The molecule has 218 valence electrons. The van der Waals surface area contributed by atoms with Crippen molar-refractivity contribution in [2.24, 2.45) is 0 Å². The van der Waals surface area contributed by atoms with E-state index >= 15 is 0 Å². The first-order valence-electron chi connectivity index (χ1n) is 16.0. The monoisotopic (exact) mass is 588 g/mol. The fourth-order valence-corrected chi connectivity index (χ4v) is 7.51. The molecule has 0 unspecified atom stereocenters. The average molecular weight is 589 g/mol. The largest absolute Gasteiger partial charge is 0.309 e. The molecule has 0 spiro atoms. The summed E-state index contributed by atoms with van der Waals surface area (Å²) in [7, 11) is 0. The van der Waals surface area contributed by atoms with E-state index in [-0.39, 0.29) is 5.41 Å². The normalized spacial score (nSPS) is 13.2. The Morgan fingerprint density at radius 1 is 0.457 bits per heavy atom. The smallest absolute Gasteiger partial charge is 0.0541 e. The molecule has 1 aliphatic rings. The molecule has 46 heavy (non-hydrogen) atoms. The second-order valence-electron chi connectivity index (χ2n) is 12.9. The molecule has 8 aromatic rings. The topological polar surface area (TPSA) is 17.8 Å². The Morgan fingerprint density at radius 2 is 0.978 bits per heavy atom. The maximum atomic E-state index is 4.28. The predicted octanol–water partition coefficient (Wildman–Crippen LogP) is 11.5. The van der Waals surface area contributed by atoms with E-state index < -0.39 is 0 Å². The molecule has 0 fully saturated rings. The quantitative estimate of drug-likeness (QED) is 0.200. The number of rotatable bonds is 4. The van der Waals surface area contributed by atoms with Gasteiger partial charge in [0, 0.05) is 34.3 Å². The van der Waals surface area contributed by atoms with Crippen LogP contribution in [-0.2, 0) is 5.41 Å². The number of pyridine rings is 1. The van der Waals surface area contributed by atoms with Crippen LogP contribution in [0.15, 0.2) is 158 Å². The lowest BCUT2D eigenvalue weighted by Crippen LogP contribution is -2.15. The van der Waals surface area contributed by atoms with Crippen molar-refractivity contribution in [1.29, 1.82) is 0 Å². The number of nitrogens with zero attached hydrogens (tertiary/aromatic N) is 2. The molecule has 0 aliphatic heterocycles. The van der Waals surface area contributed by atoms with Crippen LogP contribution in [0.2, 0.25) is 0 Å². The number of para-hydroxylation sites is 2. The first-order valence-corrected chi connectivity index (χ1v) is 16.0. The molecule has 9 rings (SSSR count). The van der Waals surface area contributed by atoms with Gasteiger partial charge in [-0.3, -0.25) is 4.98 Å². The summed E-state index contributed by atoms with van der Waals surface area (Å²) in [4.78, 5) is 4.28. The molecule has 2 nitrogen and oxygen atoms in total. The van der Waals surface area contributed by atoms with Gasteiger partial charge in [-0.2, -0.15) is 0 Å². The lowest BCUT2D eigenvalue weighted by atomic mass is 9.81. The minimum atomic E-state index is -0.114. The molecule has 2 heterocycles. The highest BCUT2D eigenvalue weighted by molar-refractivity contribution is 6.09. The molecule has 0 saturated carbocycles. The lowest BCUT2D eigenvalue weighted by Gasteiger charge is -2.23. The highest BCUT2D eigenvalue weighted by Gasteiger charge is 2.36.